The van der Waals surface area contributed by atoms with E-state index in [4.69, 9.17) is 0 Å². The lowest BCUT2D eigenvalue weighted by molar-refractivity contribution is -0.115. The summed E-state index contributed by atoms with van der Waals surface area (Å²) in [6.45, 7) is 2.05. The predicted octanol–water partition coefficient (Wildman–Crippen LogP) is 4.09. The number of aryl methyl sites for hydroxylation is 1. The molecule has 3 heterocycles. The van der Waals surface area contributed by atoms with E-state index in [9.17, 15) is 4.79 Å². The van der Waals surface area contributed by atoms with Crippen LogP contribution in [-0.2, 0) is 11.2 Å². The Morgan fingerprint density at radius 2 is 1.72 bits per heavy atom. The molecule has 0 saturated heterocycles. The van der Waals surface area contributed by atoms with Crippen LogP contribution in [0.1, 0.15) is 11.1 Å². The van der Waals surface area contributed by atoms with Gasteiger partial charge in [-0.1, -0.05) is 18.2 Å². The number of pyridine rings is 2. The Hall–Kier alpha value is -3.93. The summed E-state index contributed by atoms with van der Waals surface area (Å²) in [7, 11) is 0. The van der Waals surface area contributed by atoms with E-state index in [1.54, 1.807) is 43.2 Å². The Balaban J connectivity index is 1.41. The van der Waals surface area contributed by atoms with Crippen molar-refractivity contribution in [2.24, 2.45) is 0 Å². The normalized spacial score (nSPS) is 10.5. The quantitative estimate of drug-likeness (QED) is 0.563. The highest BCUT2D eigenvalue weighted by Crippen LogP contribution is 2.24. The first-order valence-electron chi connectivity index (χ1n) is 9.21. The number of benzene rings is 1. The summed E-state index contributed by atoms with van der Waals surface area (Å²) in [5.74, 6) is 0.397. The Morgan fingerprint density at radius 1 is 0.862 bits per heavy atom. The highest BCUT2D eigenvalue weighted by molar-refractivity contribution is 5.91. The van der Waals surface area contributed by atoms with Gasteiger partial charge in [-0.05, 0) is 53.4 Å². The van der Waals surface area contributed by atoms with Gasteiger partial charge in [0, 0.05) is 36.5 Å². The molecule has 4 rings (SSSR count). The smallest absolute Gasteiger partial charge is 0.229 e. The lowest BCUT2D eigenvalue weighted by atomic mass is 9.98. The summed E-state index contributed by atoms with van der Waals surface area (Å²) < 4.78 is 0. The lowest BCUT2D eigenvalue weighted by Gasteiger charge is -2.09. The van der Waals surface area contributed by atoms with E-state index in [0.29, 0.717) is 5.82 Å². The van der Waals surface area contributed by atoms with Crippen LogP contribution in [0.25, 0.3) is 22.4 Å². The number of carbonyl (C=O) groups excluding carboxylic acids is 1. The van der Waals surface area contributed by atoms with Gasteiger partial charge in [-0.2, -0.15) is 0 Å². The fourth-order valence-corrected chi connectivity index (χ4v) is 3.13. The van der Waals surface area contributed by atoms with Crippen molar-refractivity contribution in [2.45, 2.75) is 13.3 Å². The summed E-state index contributed by atoms with van der Waals surface area (Å²) in [6, 6.07) is 13.6. The average Bonchev–Trinajstić information content (AvgIpc) is 2.75. The zero-order valence-corrected chi connectivity index (χ0v) is 15.9. The first-order valence-corrected chi connectivity index (χ1v) is 9.21. The Labute approximate surface area is 168 Å². The summed E-state index contributed by atoms with van der Waals surface area (Å²) in [5.41, 5.74) is 5.90. The molecule has 1 N–H and O–H groups in total. The minimum Gasteiger partial charge on any atom is -0.310 e. The van der Waals surface area contributed by atoms with Gasteiger partial charge in [-0.25, -0.2) is 4.98 Å². The van der Waals surface area contributed by atoms with Crippen molar-refractivity contribution in [3.63, 3.8) is 0 Å². The van der Waals surface area contributed by atoms with Gasteiger partial charge in [0.1, 0.15) is 5.82 Å². The second-order valence-corrected chi connectivity index (χ2v) is 6.63. The highest BCUT2D eigenvalue weighted by atomic mass is 16.1. The molecule has 0 atom stereocenters. The molecular weight excluding hydrogens is 362 g/mol. The molecule has 1 aromatic carbocycles. The summed E-state index contributed by atoms with van der Waals surface area (Å²) in [4.78, 5) is 29.1. The van der Waals surface area contributed by atoms with Crippen LogP contribution in [0, 0.1) is 6.92 Å². The Morgan fingerprint density at radius 3 is 2.41 bits per heavy atom. The molecule has 0 aliphatic heterocycles. The van der Waals surface area contributed by atoms with Crippen molar-refractivity contribution in [3.05, 3.63) is 90.8 Å². The third kappa shape index (κ3) is 4.50. The van der Waals surface area contributed by atoms with Gasteiger partial charge in [0.25, 0.3) is 0 Å². The van der Waals surface area contributed by atoms with Crippen LogP contribution in [0.4, 0.5) is 5.82 Å². The number of nitrogens with one attached hydrogen (secondary N) is 1. The second kappa shape index (κ2) is 8.39. The number of hydrogen-bond donors (Lipinski definition) is 1. The SMILES string of the molecule is Cc1cc(CC(=O)Nc2ccc(-c3cnccn3)cn2)ccc1-c1ccncc1. The van der Waals surface area contributed by atoms with Gasteiger partial charge >= 0.3 is 0 Å². The third-order valence-electron chi connectivity index (χ3n) is 4.54. The number of nitrogens with zero attached hydrogens (tertiary/aromatic N) is 4. The Kier molecular flexibility index (Phi) is 5.33. The topological polar surface area (TPSA) is 80.7 Å². The van der Waals surface area contributed by atoms with Crippen LogP contribution in [0.2, 0.25) is 0 Å². The third-order valence-corrected chi connectivity index (χ3v) is 4.54. The number of carbonyl (C=O) groups is 1. The maximum Gasteiger partial charge on any atom is 0.229 e. The van der Waals surface area contributed by atoms with Crippen molar-refractivity contribution < 1.29 is 4.79 Å². The van der Waals surface area contributed by atoms with E-state index in [-0.39, 0.29) is 12.3 Å². The van der Waals surface area contributed by atoms with Gasteiger partial charge in [-0.3, -0.25) is 19.7 Å². The molecule has 142 valence electrons. The van der Waals surface area contributed by atoms with Gasteiger partial charge < -0.3 is 5.32 Å². The molecule has 6 heteroatoms. The number of anilines is 1. The molecule has 0 unspecified atom stereocenters. The molecule has 0 spiro atoms. The van der Waals surface area contributed by atoms with E-state index in [2.05, 4.69) is 25.3 Å². The Bertz CT molecular complexity index is 1110. The fourth-order valence-electron chi connectivity index (χ4n) is 3.13. The monoisotopic (exact) mass is 381 g/mol. The van der Waals surface area contributed by atoms with E-state index in [1.807, 2.05) is 43.3 Å². The molecule has 29 heavy (non-hydrogen) atoms. The molecule has 0 aliphatic rings. The molecule has 4 aromatic rings. The number of aromatic nitrogens is 4. The molecule has 0 bridgehead atoms. The van der Waals surface area contributed by atoms with Crippen LogP contribution >= 0.6 is 0 Å². The van der Waals surface area contributed by atoms with Crippen LogP contribution < -0.4 is 5.32 Å². The van der Waals surface area contributed by atoms with Crippen molar-refractivity contribution in [1.82, 2.24) is 19.9 Å². The van der Waals surface area contributed by atoms with E-state index >= 15 is 0 Å². The molecule has 0 aliphatic carbocycles. The van der Waals surface area contributed by atoms with Crippen molar-refractivity contribution in [3.8, 4) is 22.4 Å². The van der Waals surface area contributed by atoms with Crippen LogP contribution in [0.3, 0.4) is 0 Å². The molecule has 0 radical (unpaired) electrons. The van der Waals surface area contributed by atoms with Gasteiger partial charge in [0.15, 0.2) is 0 Å². The van der Waals surface area contributed by atoms with E-state index in [1.165, 1.54) is 0 Å². The summed E-state index contributed by atoms with van der Waals surface area (Å²) >= 11 is 0. The first-order chi connectivity index (χ1) is 14.2. The molecule has 0 fully saturated rings. The van der Waals surface area contributed by atoms with Crippen molar-refractivity contribution >= 4 is 11.7 Å². The highest BCUT2D eigenvalue weighted by Gasteiger charge is 2.08. The van der Waals surface area contributed by atoms with Gasteiger partial charge in [0.2, 0.25) is 5.91 Å². The number of hydrogen-bond acceptors (Lipinski definition) is 5. The van der Waals surface area contributed by atoms with Crippen molar-refractivity contribution in [1.29, 1.82) is 0 Å². The molecule has 1 amide bonds. The van der Waals surface area contributed by atoms with Gasteiger partial charge in [-0.15, -0.1) is 0 Å². The molecule has 3 aromatic heterocycles. The van der Waals surface area contributed by atoms with Crippen molar-refractivity contribution in [2.75, 3.05) is 5.32 Å². The zero-order valence-electron chi connectivity index (χ0n) is 15.9. The maximum atomic E-state index is 12.4. The number of rotatable bonds is 5. The fraction of sp³-hybridized carbons (Fsp3) is 0.0870. The largest absolute Gasteiger partial charge is 0.310 e. The van der Waals surface area contributed by atoms with Crippen LogP contribution in [0.15, 0.2) is 79.6 Å². The standard InChI is InChI=1S/C23H19N5O/c1-16-12-17(2-4-20(16)18-6-8-24-9-7-18)13-23(29)28-22-5-3-19(14-27-22)21-15-25-10-11-26-21/h2-12,14-15H,13H2,1H3,(H,27,28,29). The molecule has 0 saturated carbocycles. The summed E-state index contributed by atoms with van der Waals surface area (Å²) in [6.07, 6.45) is 10.4. The van der Waals surface area contributed by atoms with Crippen LogP contribution in [-0.4, -0.2) is 25.8 Å². The van der Waals surface area contributed by atoms with Gasteiger partial charge in [0.05, 0.1) is 18.3 Å². The second-order valence-electron chi connectivity index (χ2n) is 6.63. The predicted molar refractivity (Wildman–Crippen MR) is 112 cm³/mol. The zero-order chi connectivity index (χ0) is 20.1. The minimum atomic E-state index is -0.110. The summed E-state index contributed by atoms with van der Waals surface area (Å²) in [5, 5.41) is 2.84. The lowest BCUT2D eigenvalue weighted by Crippen LogP contribution is -2.15. The molecule has 6 nitrogen and oxygen atoms in total. The molecular formula is C23H19N5O. The average molecular weight is 381 g/mol. The maximum absolute atomic E-state index is 12.4. The van der Waals surface area contributed by atoms with Crippen LogP contribution in [0.5, 0.6) is 0 Å². The van der Waals surface area contributed by atoms with E-state index < -0.39 is 0 Å². The van der Waals surface area contributed by atoms with E-state index in [0.717, 1.165) is 33.5 Å². The number of amides is 1. The minimum absolute atomic E-state index is 0.110. The first kappa shape index (κ1) is 18.4.